The van der Waals surface area contributed by atoms with Gasteiger partial charge in [-0.25, -0.2) is 4.79 Å². The molecule has 8 amide bonds. The summed E-state index contributed by atoms with van der Waals surface area (Å²) >= 11 is 0. The Morgan fingerprint density at radius 2 is 1.25 bits per heavy atom. The first-order chi connectivity index (χ1) is 36.7. The lowest BCUT2D eigenvalue weighted by molar-refractivity contribution is -0.141. The summed E-state index contributed by atoms with van der Waals surface area (Å²) in [5.41, 5.74) is 9.47. The number of amides is 8. The molecule has 0 radical (unpaired) electrons. The Labute approximate surface area is 443 Å². The number of esters is 1. The average molecular weight is 1060 g/mol. The number of primary amides is 1. The number of hydrogen-bond donors (Lipinski definition) is 8. The van der Waals surface area contributed by atoms with E-state index in [1.54, 1.807) is 43.0 Å². The van der Waals surface area contributed by atoms with Gasteiger partial charge in [-0.15, -0.1) is 0 Å². The van der Waals surface area contributed by atoms with Crippen molar-refractivity contribution in [3.63, 3.8) is 0 Å². The van der Waals surface area contributed by atoms with E-state index in [9.17, 15) is 43.5 Å². The van der Waals surface area contributed by atoms with Crippen LogP contribution < -0.4 is 42.5 Å². The van der Waals surface area contributed by atoms with Crippen LogP contribution >= 0.6 is 0 Å². The number of ether oxygens (including phenoxy) is 5. The highest BCUT2D eigenvalue weighted by Gasteiger charge is 2.32. The fourth-order valence-corrected chi connectivity index (χ4v) is 7.50. The largest absolute Gasteiger partial charge is 0.469 e. The lowest BCUT2D eigenvalue weighted by Crippen LogP contribution is -2.58. The number of nitrogens with two attached hydrogens (primary N) is 1. The summed E-state index contributed by atoms with van der Waals surface area (Å²) in [5.74, 6) is 2.27. The van der Waals surface area contributed by atoms with Crippen molar-refractivity contribution in [2.24, 2.45) is 11.7 Å². The maximum atomic E-state index is 13.7. The number of urea groups is 1. The number of benzene rings is 3. The van der Waals surface area contributed by atoms with Crippen molar-refractivity contribution >= 4 is 58.8 Å². The second-order valence-corrected chi connectivity index (χ2v) is 17.8. The molecule has 22 nitrogen and oxygen atoms in total. The summed E-state index contributed by atoms with van der Waals surface area (Å²) in [6.45, 7) is 5.73. The fourth-order valence-electron chi connectivity index (χ4n) is 7.50. The molecule has 0 unspecified atom stereocenters. The van der Waals surface area contributed by atoms with Crippen molar-refractivity contribution in [1.82, 2.24) is 26.6 Å². The van der Waals surface area contributed by atoms with Crippen molar-refractivity contribution in [2.45, 2.75) is 90.1 Å². The van der Waals surface area contributed by atoms with Gasteiger partial charge in [0, 0.05) is 55.6 Å². The molecule has 0 spiro atoms. The molecular weight excluding hydrogens is 985 g/mol. The van der Waals surface area contributed by atoms with E-state index in [2.05, 4.69) is 43.7 Å². The number of carbonyl (C=O) groups is 8. The molecule has 0 bridgehead atoms. The number of nitrogens with one attached hydrogen (secondary N) is 6. The lowest BCUT2D eigenvalue weighted by atomic mass is 10.0. The number of carbonyl (C=O) groups excluding carboxylic acids is 8. The van der Waals surface area contributed by atoms with Gasteiger partial charge in [0.2, 0.25) is 35.4 Å². The highest BCUT2D eigenvalue weighted by molar-refractivity contribution is 5.99. The number of para-hydroxylation sites is 1. The van der Waals surface area contributed by atoms with E-state index in [4.69, 9.17) is 29.4 Å². The van der Waals surface area contributed by atoms with Gasteiger partial charge in [0.05, 0.1) is 78.8 Å². The van der Waals surface area contributed by atoms with Crippen molar-refractivity contribution in [1.29, 1.82) is 0 Å². The smallest absolute Gasteiger partial charge is 0.312 e. The van der Waals surface area contributed by atoms with Gasteiger partial charge in [-0.05, 0) is 66.6 Å². The van der Waals surface area contributed by atoms with E-state index in [1.165, 1.54) is 7.11 Å². The predicted octanol–water partition coefficient (Wildman–Crippen LogP) is 1.93. The molecule has 0 saturated heterocycles. The molecule has 4 rings (SSSR count). The zero-order valence-electron chi connectivity index (χ0n) is 43.5. The van der Waals surface area contributed by atoms with E-state index in [1.807, 2.05) is 48.5 Å². The quantitative estimate of drug-likeness (QED) is 0.0241. The molecule has 0 aromatic heterocycles. The van der Waals surface area contributed by atoms with Gasteiger partial charge in [-0.1, -0.05) is 68.2 Å². The Morgan fingerprint density at radius 3 is 1.91 bits per heavy atom. The molecule has 1 heterocycles. The van der Waals surface area contributed by atoms with Crippen LogP contribution in [0.4, 0.5) is 16.2 Å². The second kappa shape index (κ2) is 34.2. The first kappa shape index (κ1) is 61.1. The molecule has 76 heavy (non-hydrogen) atoms. The number of hydrogen-bond acceptors (Lipinski definition) is 14. The average Bonchev–Trinajstić information content (AvgIpc) is 3.41. The summed E-state index contributed by atoms with van der Waals surface area (Å²) in [7, 11) is 1.19. The van der Waals surface area contributed by atoms with Crippen LogP contribution in [0.25, 0.3) is 0 Å². The van der Waals surface area contributed by atoms with Crippen LogP contribution in [-0.2, 0) is 70.4 Å². The SMILES string of the molecule is COC(=O)CC[C@H](NC(=O)CCOCCOCCOCCOCCNC(=O)CCC(=O)N1Cc2ccccc2C#Cc2ccccc21)C(=O)N[C@H](C(=O)N[C@@H](CCCNC(N)=O)C(=O)Nc1ccc(CO)cc1)C(C)C. The highest BCUT2D eigenvalue weighted by atomic mass is 16.6. The zero-order valence-corrected chi connectivity index (χ0v) is 43.5. The maximum Gasteiger partial charge on any atom is 0.312 e. The van der Waals surface area contributed by atoms with Gasteiger partial charge < -0.3 is 71.3 Å². The van der Waals surface area contributed by atoms with Gasteiger partial charge in [0.1, 0.15) is 18.1 Å². The lowest BCUT2D eigenvalue weighted by Gasteiger charge is -2.27. The molecule has 0 aliphatic carbocycles. The normalized spacial score (nSPS) is 12.7. The van der Waals surface area contributed by atoms with Gasteiger partial charge in [-0.3, -0.25) is 33.6 Å². The monoisotopic (exact) mass is 1060 g/mol. The summed E-state index contributed by atoms with van der Waals surface area (Å²) in [6.07, 6.45) is -0.0684. The van der Waals surface area contributed by atoms with E-state index < -0.39 is 59.7 Å². The molecule has 3 aromatic rings. The van der Waals surface area contributed by atoms with E-state index in [-0.39, 0.29) is 116 Å². The van der Waals surface area contributed by atoms with Crippen LogP contribution in [0, 0.1) is 17.8 Å². The van der Waals surface area contributed by atoms with Crippen molar-refractivity contribution in [2.75, 3.05) is 83.3 Å². The number of aliphatic hydroxyl groups excluding tert-OH is 1. The number of aliphatic hydroxyl groups is 1. The third-order valence-electron chi connectivity index (χ3n) is 11.7. The van der Waals surface area contributed by atoms with Crippen molar-refractivity contribution in [3.8, 4) is 11.8 Å². The minimum atomic E-state index is -1.24. The molecule has 1 aliphatic heterocycles. The van der Waals surface area contributed by atoms with E-state index >= 15 is 0 Å². The van der Waals surface area contributed by atoms with Gasteiger partial charge in [0.15, 0.2) is 0 Å². The zero-order chi connectivity index (χ0) is 55.1. The third-order valence-corrected chi connectivity index (χ3v) is 11.7. The molecule has 3 aromatic carbocycles. The van der Waals surface area contributed by atoms with Crippen LogP contribution in [0.2, 0.25) is 0 Å². The first-order valence-electron chi connectivity index (χ1n) is 25.3. The molecule has 22 heteroatoms. The highest BCUT2D eigenvalue weighted by Crippen LogP contribution is 2.26. The maximum absolute atomic E-state index is 13.7. The van der Waals surface area contributed by atoms with Crippen molar-refractivity contribution in [3.05, 3.63) is 95.1 Å². The van der Waals surface area contributed by atoms with Crippen LogP contribution in [0.5, 0.6) is 0 Å². The van der Waals surface area contributed by atoms with Gasteiger partial charge >= 0.3 is 12.0 Å². The standard InChI is InChI=1S/C54H72N8O14/c1-37(2)50(53(70)60-43(12-8-25-57-54(55)71)51(68)58-42-18-14-38(36-63)15-19-42)61-52(69)44(20-23-49(67)72-3)59-47(65)24-27-73-29-31-75-33-34-76-32-30-74-28-26-56-46(64)21-22-48(66)62-35-41-11-5-4-9-39(41)16-17-40-10-6-7-13-45(40)62/h4-7,9-11,13-15,18-19,37,43-44,50,63H,8,12,20-36H2,1-3H3,(H,56,64)(H,58,68)(H,59,65)(H,60,70)(H,61,69)(H3,55,57,71)/t43-,44-,50-/m0/s1. The molecule has 412 valence electrons. The molecule has 9 N–H and O–H groups in total. The topological polar surface area (TPSA) is 304 Å². The Bertz CT molecular complexity index is 2440. The second-order valence-electron chi connectivity index (χ2n) is 17.8. The number of methoxy groups -OCH3 is 1. The summed E-state index contributed by atoms with van der Waals surface area (Å²) in [5, 5.41) is 25.3. The molecular formula is C54H72N8O14. The molecule has 1 aliphatic rings. The molecule has 0 saturated carbocycles. The summed E-state index contributed by atoms with van der Waals surface area (Å²) in [4.78, 5) is 105. The Morgan fingerprint density at radius 1 is 0.632 bits per heavy atom. The first-order valence-corrected chi connectivity index (χ1v) is 25.3. The van der Waals surface area contributed by atoms with Crippen LogP contribution in [-0.4, -0.2) is 144 Å². The number of anilines is 2. The fraction of sp³-hybridized carbons (Fsp3) is 0.481. The van der Waals surface area contributed by atoms with Crippen LogP contribution in [0.15, 0.2) is 72.8 Å². The Balaban J connectivity index is 1.08. The number of fused-ring (bicyclic) bond motifs is 2. The van der Waals surface area contributed by atoms with Crippen LogP contribution in [0.3, 0.4) is 0 Å². The van der Waals surface area contributed by atoms with E-state index in [0.29, 0.717) is 36.7 Å². The predicted molar refractivity (Wildman–Crippen MR) is 280 cm³/mol. The molecule has 3 atom stereocenters. The Kier molecular flexibility index (Phi) is 27.5. The molecule has 0 fully saturated rings. The third kappa shape index (κ3) is 22.6. The Hall–Kier alpha value is -7.42. The van der Waals surface area contributed by atoms with Crippen LogP contribution in [0.1, 0.15) is 81.0 Å². The minimum absolute atomic E-state index is 0.00689. The number of nitrogens with zero attached hydrogens (tertiary/aromatic N) is 1. The summed E-state index contributed by atoms with van der Waals surface area (Å²) in [6, 6.07) is 17.4. The van der Waals surface area contributed by atoms with Crippen molar-refractivity contribution < 1.29 is 67.1 Å². The minimum Gasteiger partial charge on any atom is -0.469 e. The number of rotatable bonds is 34. The van der Waals surface area contributed by atoms with Gasteiger partial charge in [-0.2, -0.15) is 0 Å². The van der Waals surface area contributed by atoms with Gasteiger partial charge in [0.25, 0.3) is 0 Å². The summed E-state index contributed by atoms with van der Waals surface area (Å²) < 4.78 is 26.9. The van der Waals surface area contributed by atoms with E-state index in [0.717, 1.165) is 16.7 Å².